The van der Waals surface area contributed by atoms with E-state index in [1.807, 2.05) is 18.2 Å². The van der Waals surface area contributed by atoms with Gasteiger partial charge in [0.2, 0.25) is 0 Å². The largest absolute Gasteiger partial charge is 0.385 e. The van der Waals surface area contributed by atoms with Crippen molar-refractivity contribution in [1.82, 2.24) is 0 Å². The topological polar surface area (TPSA) is 46.2 Å². The second-order valence-electron chi connectivity index (χ2n) is 4.03. The van der Waals surface area contributed by atoms with Gasteiger partial charge in [0, 0.05) is 18.0 Å². The summed E-state index contributed by atoms with van der Waals surface area (Å²) in [6, 6.07) is 8.13. The summed E-state index contributed by atoms with van der Waals surface area (Å²) in [5.41, 5.74) is 2.38. The molecule has 17 heavy (non-hydrogen) atoms. The average Bonchev–Trinajstić information content (AvgIpc) is 2.35. The van der Waals surface area contributed by atoms with Crippen LogP contribution in [0.25, 0.3) is 0 Å². The van der Waals surface area contributed by atoms with Crippen LogP contribution in [0.5, 0.6) is 0 Å². The monoisotopic (exact) mass is 255 g/mol. The maximum absolute atomic E-state index is 11.3. The van der Waals surface area contributed by atoms with Crippen molar-refractivity contribution in [3.63, 3.8) is 0 Å². The summed E-state index contributed by atoms with van der Waals surface area (Å²) in [5, 5.41) is 3.30. The van der Waals surface area contributed by atoms with Crippen LogP contribution in [0.1, 0.15) is 25.8 Å². The van der Waals surface area contributed by atoms with Gasteiger partial charge in [-0.1, -0.05) is 32.0 Å². The van der Waals surface area contributed by atoms with Gasteiger partial charge in [-0.3, -0.25) is 0 Å². The first-order valence-corrected chi connectivity index (χ1v) is 7.93. The van der Waals surface area contributed by atoms with Gasteiger partial charge in [-0.05, 0) is 24.5 Å². The molecule has 0 fully saturated rings. The molecule has 0 unspecified atom stereocenters. The zero-order valence-electron chi connectivity index (χ0n) is 10.6. The molecule has 1 aromatic rings. The fourth-order valence-corrected chi connectivity index (χ4v) is 2.53. The summed E-state index contributed by atoms with van der Waals surface area (Å²) < 4.78 is 22.6. The number of aryl methyl sites for hydroxylation is 1. The van der Waals surface area contributed by atoms with Crippen LogP contribution in [-0.2, 0) is 16.3 Å². The van der Waals surface area contributed by atoms with E-state index in [4.69, 9.17) is 0 Å². The van der Waals surface area contributed by atoms with Crippen molar-refractivity contribution >= 4 is 15.5 Å². The highest BCUT2D eigenvalue weighted by Gasteiger charge is 2.06. The van der Waals surface area contributed by atoms with Crippen molar-refractivity contribution in [2.75, 3.05) is 23.4 Å². The lowest BCUT2D eigenvalue weighted by Gasteiger charge is -2.10. The number of anilines is 1. The predicted octanol–water partition coefficient (Wildman–Crippen LogP) is 2.49. The van der Waals surface area contributed by atoms with Crippen molar-refractivity contribution < 1.29 is 8.42 Å². The Morgan fingerprint density at radius 2 is 1.88 bits per heavy atom. The molecule has 3 nitrogen and oxygen atoms in total. The lowest BCUT2D eigenvalue weighted by atomic mass is 10.1. The number of sulfone groups is 1. The van der Waals surface area contributed by atoms with Crippen LogP contribution in [0.15, 0.2) is 24.3 Å². The zero-order valence-corrected chi connectivity index (χ0v) is 11.4. The number of nitrogens with one attached hydrogen (secondary N) is 1. The molecule has 0 atom stereocenters. The summed E-state index contributed by atoms with van der Waals surface area (Å²) in [4.78, 5) is 0. The van der Waals surface area contributed by atoms with Gasteiger partial charge in [0.1, 0.15) is 9.84 Å². The van der Waals surface area contributed by atoms with Gasteiger partial charge in [-0.2, -0.15) is 0 Å². The third kappa shape index (κ3) is 4.77. The van der Waals surface area contributed by atoms with Gasteiger partial charge in [0.15, 0.2) is 0 Å². The first kappa shape index (κ1) is 14.0. The second-order valence-corrected chi connectivity index (χ2v) is 6.50. The SMILES string of the molecule is CCc1ccccc1NCCCS(=O)(=O)CC. The van der Waals surface area contributed by atoms with E-state index in [-0.39, 0.29) is 11.5 Å². The number of benzene rings is 1. The third-order valence-corrected chi connectivity index (χ3v) is 4.58. The Morgan fingerprint density at radius 3 is 2.53 bits per heavy atom. The van der Waals surface area contributed by atoms with E-state index in [0.717, 1.165) is 12.1 Å². The first-order valence-electron chi connectivity index (χ1n) is 6.11. The van der Waals surface area contributed by atoms with Crippen molar-refractivity contribution in [1.29, 1.82) is 0 Å². The highest BCUT2D eigenvalue weighted by molar-refractivity contribution is 7.91. The lowest BCUT2D eigenvalue weighted by molar-refractivity contribution is 0.595. The van der Waals surface area contributed by atoms with Crippen molar-refractivity contribution in [3.8, 4) is 0 Å². The lowest BCUT2D eigenvalue weighted by Crippen LogP contribution is -2.13. The molecule has 0 bridgehead atoms. The molecule has 4 heteroatoms. The number of rotatable bonds is 7. The Kier molecular flexibility index (Phi) is 5.48. The Morgan fingerprint density at radius 1 is 1.18 bits per heavy atom. The van der Waals surface area contributed by atoms with Crippen LogP contribution in [0, 0.1) is 0 Å². The number of hydrogen-bond acceptors (Lipinski definition) is 3. The van der Waals surface area contributed by atoms with E-state index in [2.05, 4.69) is 18.3 Å². The molecule has 0 saturated carbocycles. The van der Waals surface area contributed by atoms with Crippen molar-refractivity contribution in [2.24, 2.45) is 0 Å². The van der Waals surface area contributed by atoms with Gasteiger partial charge in [0.25, 0.3) is 0 Å². The normalized spacial score (nSPS) is 11.4. The van der Waals surface area contributed by atoms with Crippen LogP contribution < -0.4 is 5.32 Å². The van der Waals surface area contributed by atoms with E-state index in [0.29, 0.717) is 13.0 Å². The molecular weight excluding hydrogens is 234 g/mol. The van der Waals surface area contributed by atoms with Crippen LogP contribution in [0.2, 0.25) is 0 Å². The fourth-order valence-electron chi connectivity index (χ4n) is 1.66. The van der Waals surface area contributed by atoms with Crippen LogP contribution in [-0.4, -0.2) is 26.5 Å². The fraction of sp³-hybridized carbons (Fsp3) is 0.538. The smallest absolute Gasteiger partial charge is 0.150 e. The van der Waals surface area contributed by atoms with E-state index in [9.17, 15) is 8.42 Å². The first-order chi connectivity index (χ1) is 8.09. The summed E-state index contributed by atoms with van der Waals surface area (Å²) in [6.07, 6.45) is 1.64. The van der Waals surface area contributed by atoms with Crippen LogP contribution in [0.4, 0.5) is 5.69 Å². The molecule has 0 aromatic heterocycles. The Bertz CT molecular complexity index is 440. The molecule has 1 aromatic carbocycles. The quantitative estimate of drug-likeness (QED) is 0.761. The Labute approximate surface area is 104 Å². The van der Waals surface area contributed by atoms with Gasteiger partial charge in [-0.25, -0.2) is 8.42 Å². The van der Waals surface area contributed by atoms with Crippen LogP contribution in [0.3, 0.4) is 0 Å². The highest BCUT2D eigenvalue weighted by Crippen LogP contribution is 2.15. The molecule has 0 amide bonds. The summed E-state index contributed by atoms with van der Waals surface area (Å²) in [7, 11) is -2.83. The molecule has 0 spiro atoms. The van der Waals surface area contributed by atoms with Crippen molar-refractivity contribution in [3.05, 3.63) is 29.8 Å². The summed E-state index contributed by atoms with van der Waals surface area (Å²) in [6.45, 7) is 4.51. The van der Waals surface area contributed by atoms with Crippen LogP contribution >= 0.6 is 0 Å². The highest BCUT2D eigenvalue weighted by atomic mass is 32.2. The van der Waals surface area contributed by atoms with E-state index < -0.39 is 9.84 Å². The van der Waals surface area contributed by atoms with Gasteiger partial charge in [-0.15, -0.1) is 0 Å². The minimum Gasteiger partial charge on any atom is -0.385 e. The molecule has 0 aliphatic rings. The minimum atomic E-state index is -2.83. The standard InChI is InChI=1S/C13H21NO2S/c1-3-12-8-5-6-9-13(12)14-10-7-11-17(15,16)4-2/h5-6,8-9,14H,3-4,7,10-11H2,1-2H3. The second kappa shape index (κ2) is 6.64. The van der Waals surface area contributed by atoms with E-state index in [1.165, 1.54) is 5.56 Å². The minimum absolute atomic E-state index is 0.235. The van der Waals surface area contributed by atoms with E-state index >= 15 is 0 Å². The Balaban J connectivity index is 2.41. The van der Waals surface area contributed by atoms with E-state index in [1.54, 1.807) is 6.92 Å². The molecular formula is C13H21NO2S. The maximum Gasteiger partial charge on any atom is 0.150 e. The summed E-state index contributed by atoms with van der Waals surface area (Å²) in [5.74, 6) is 0.503. The zero-order chi connectivity index (χ0) is 12.7. The summed E-state index contributed by atoms with van der Waals surface area (Å²) >= 11 is 0. The maximum atomic E-state index is 11.3. The molecule has 0 saturated heterocycles. The molecule has 0 radical (unpaired) electrons. The molecule has 0 aliphatic heterocycles. The predicted molar refractivity (Wildman–Crippen MR) is 73.3 cm³/mol. The molecule has 96 valence electrons. The molecule has 1 N–H and O–H groups in total. The van der Waals surface area contributed by atoms with Gasteiger partial charge in [0.05, 0.1) is 5.75 Å². The third-order valence-electron chi connectivity index (χ3n) is 2.79. The molecule has 0 heterocycles. The average molecular weight is 255 g/mol. The van der Waals surface area contributed by atoms with Gasteiger partial charge >= 0.3 is 0 Å². The Hall–Kier alpha value is -1.03. The number of hydrogen-bond donors (Lipinski definition) is 1. The van der Waals surface area contributed by atoms with Gasteiger partial charge < -0.3 is 5.32 Å². The molecule has 1 rings (SSSR count). The van der Waals surface area contributed by atoms with Crippen molar-refractivity contribution in [2.45, 2.75) is 26.7 Å². The molecule has 0 aliphatic carbocycles. The number of para-hydroxylation sites is 1.